The molecule has 0 bridgehead atoms. The summed E-state index contributed by atoms with van der Waals surface area (Å²) in [5, 5.41) is 6.07. The molecule has 2 rings (SSSR count). The lowest BCUT2D eigenvalue weighted by Gasteiger charge is -2.35. The van der Waals surface area contributed by atoms with E-state index in [1.165, 1.54) is 6.26 Å². The van der Waals surface area contributed by atoms with Gasteiger partial charge in [0.05, 0.1) is 0 Å². The fourth-order valence-corrected chi connectivity index (χ4v) is 4.33. The van der Waals surface area contributed by atoms with Gasteiger partial charge in [-0.2, -0.15) is 0 Å². The molecule has 1 saturated carbocycles. The van der Waals surface area contributed by atoms with Crippen molar-refractivity contribution in [2.75, 3.05) is 19.3 Å². The van der Waals surface area contributed by atoms with E-state index in [-0.39, 0.29) is 24.4 Å². The maximum atomic E-state index is 12.4. The molecule has 1 aliphatic carbocycles. The van der Waals surface area contributed by atoms with Crippen LogP contribution in [0.3, 0.4) is 0 Å². The van der Waals surface area contributed by atoms with Gasteiger partial charge in [-0.15, -0.1) is 12.4 Å². The van der Waals surface area contributed by atoms with E-state index in [2.05, 4.69) is 10.6 Å². The molecule has 2 aliphatic rings. The van der Waals surface area contributed by atoms with Crippen LogP contribution in [-0.4, -0.2) is 44.5 Å². The number of hydrogen-bond donors (Lipinski definition) is 2. The Bertz CT molecular complexity index is 413. The Morgan fingerprint density at radius 1 is 1.21 bits per heavy atom. The van der Waals surface area contributed by atoms with Crippen LogP contribution in [-0.2, 0) is 14.6 Å². The number of nitrogens with one attached hydrogen (secondary N) is 2. The second-order valence-corrected chi connectivity index (χ2v) is 7.80. The lowest BCUT2D eigenvalue weighted by Crippen LogP contribution is -2.58. The molecule has 112 valence electrons. The Morgan fingerprint density at radius 3 is 2.21 bits per heavy atom. The van der Waals surface area contributed by atoms with Crippen LogP contribution in [0.4, 0.5) is 0 Å². The maximum Gasteiger partial charge on any atom is 0.241 e. The van der Waals surface area contributed by atoms with Crippen LogP contribution in [0.5, 0.6) is 0 Å². The Hall–Kier alpha value is -0.330. The quantitative estimate of drug-likeness (QED) is 0.802. The predicted molar refractivity (Wildman–Crippen MR) is 77.3 cm³/mol. The third-order valence-corrected chi connectivity index (χ3v) is 6.24. The van der Waals surface area contributed by atoms with Crippen molar-refractivity contribution in [3.05, 3.63) is 0 Å². The van der Waals surface area contributed by atoms with Gasteiger partial charge >= 0.3 is 0 Å². The Labute approximate surface area is 121 Å². The largest absolute Gasteiger partial charge is 0.352 e. The lowest BCUT2D eigenvalue weighted by atomic mass is 9.95. The molecule has 0 atom stereocenters. The minimum atomic E-state index is -3.38. The summed E-state index contributed by atoms with van der Waals surface area (Å²) < 4.78 is 22.9. The molecule has 1 heterocycles. The Balaban J connectivity index is 0.00000180. The first-order valence-corrected chi connectivity index (χ1v) is 8.56. The van der Waals surface area contributed by atoms with Crippen molar-refractivity contribution in [2.24, 2.45) is 0 Å². The molecule has 0 unspecified atom stereocenters. The summed E-state index contributed by atoms with van der Waals surface area (Å²) in [4.78, 5) is 12.4. The molecule has 2 fully saturated rings. The smallest absolute Gasteiger partial charge is 0.241 e. The second-order valence-electron chi connectivity index (χ2n) is 5.47. The fourth-order valence-electron chi connectivity index (χ4n) is 2.98. The van der Waals surface area contributed by atoms with Gasteiger partial charge in [-0.25, -0.2) is 8.42 Å². The van der Waals surface area contributed by atoms with E-state index in [9.17, 15) is 13.2 Å². The molecule has 7 heteroatoms. The van der Waals surface area contributed by atoms with Gasteiger partial charge in [-0.1, -0.05) is 12.8 Å². The van der Waals surface area contributed by atoms with Crippen LogP contribution in [0.15, 0.2) is 0 Å². The summed E-state index contributed by atoms with van der Waals surface area (Å²) in [7, 11) is -3.38. The standard InChI is InChI=1S/C12H22N2O3S.ClH/c1-18(16,17)12(6-8-13-9-7-12)11(15)14-10-4-2-3-5-10;/h10,13H,2-9H2,1H3,(H,14,15);1H. The van der Waals surface area contributed by atoms with Crippen LogP contribution >= 0.6 is 12.4 Å². The van der Waals surface area contributed by atoms with Gasteiger partial charge in [-0.05, 0) is 38.8 Å². The van der Waals surface area contributed by atoms with Crippen molar-refractivity contribution in [2.45, 2.75) is 49.3 Å². The van der Waals surface area contributed by atoms with Crippen molar-refractivity contribution >= 4 is 28.2 Å². The molecule has 19 heavy (non-hydrogen) atoms. The Kier molecular flexibility index (Phi) is 5.65. The van der Waals surface area contributed by atoms with Crippen molar-refractivity contribution in [1.82, 2.24) is 10.6 Å². The van der Waals surface area contributed by atoms with Crippen LogP contribution < -0.4 is 10.6 Å². The fraction of sp³-hybridized carbons (Fsp3) is 0.917. The normalized spacial score (nSPS) is 23.6. The van der Waals surface area contributed by atoms with E-state index in [0.717, 1.165) is 25.7 Å². The van der Waals surface area contributed by atoms with E-state index in [0.29, 0.717) is 25.9 Å². The van der Waals surface area contributed by atoms with Crippen molar-refractivity contribution in [3.63, 3.8) is 0 Å². The predicted octanol–water partition coefficient (Wildman–Crippen LogP) is 0.634. The molecule has 0 radical (unpaired) electrons. The van der Waals surface area contributed by atoms with Crippen LogP contribution in [0.2, 0.25) is 0 Å². The van der Waals surface area contributed by atoms with Gasteiger partial charge in [0.1, 0.15) is 0 Å². The van der Waals surface area contributed by atoms with Crippen molar-refractivity contribution in [1.29, 1.82) is 0 Å². The zero-order chi connectivity index (χ0) is 13.2. The summed E-state index contributed by atoms with van der Waals surface area (Å²) in [5.74, 6) is -0.279. The van der Waals surface area contributed by atoms with E-state index in [1.54, 1.807) is 0 Å². The van der Waals surface area contributed by atoms with Gasteiger partial charge in [0.15, 0.2) is 14.6 Å². The SMILES string of the molecule is CS(=O)(=O)C1(C(=O)NC2CCCC2)CCNCC1.Cl. The summed E-state index contributed by atoms with van der Waals surface area (Å²) in [5.41, 5.74) is 0. The first-order valence-electron chi connectivity index (χ1n) is 6.67. The highest BCUT2D eigenvalue weighted by Crippen LogP contribution is 2.29. The van der Waals surface area contributed by atoms with Crippen LogP contribution in [0.25, 0.3) is 0 Å². The minimum absolute atomic E-state index is 0. The first-order chi connectivity index (χ1) is 8.46. The van der Waals surface area contributed by atoms with Crippen LogP contribution in [0, 0.1) is 0 Å². The molecule has 0 aromatic carbocycles. The number of piperidine rings is 1. The van der Waals surface area contributed by atoms with Gasteiger partial charge < -0.3 is 10.6 Å². The third-order valence-electron chi connectivity index (χ3n) is 4.23. The number of amides is 1. The van der Waals surface area contributed by atoms with E-state index < -0.39 is 14.6 Å². The monoisotopic (exact) mass is 310 g/mol. The van der Waals surface area contributed by atoms with Crippen molar-refractivity contribution in [3.8, 4) is 0 Å². The molecule has 1 aliphatic heterocycles. The zero-order valence-electron chi connectivity index (χ0n) is 11.3. The second kappa shape index (κ2) is 6.41. The summed E-state index contributed by atoms with van der Waals surface area (Å²) in [6, 6.07) is 0.172. The molecule has 5 nitrogen and oxygen atoms in total. The number of carbonyl (C=O) groups excluding carboxylic acids is 1. The molecule has 0 aromatic heterocycles. The molecule has 1 saturated heterocycles. The van der Waals surface area contributed by atoms with Gasteiger partial charge in [0.25, 0.3) is 0 Å². The van der Waals surface area contributed by atoms with E-state index in [4.69, 9.17) is 0 Å². The molecule has 2 N–H and O–H groups in total. The average molecular weight is 311 g/mol. The van der Waals surface area contributed by atoms with Gasteiger partial charge in [0, 0.05) is 12.3 Å². The first kappa shape index (κ1) is 16.7. The van der Waals surface area contributed by atoms with Gasteiger partial charge in [0.2, 0.25) is 5.91 Å². The summed E-state index contributed by atoms with van der Waals surface area (Å²) in [6.07, 6.45) is 6.14. The highest BCUT2D eigenvalue weighted by Gasteiger charge is 2.49. The molecule has 0 spiro atoms. The number of sulfone groups is 1. The molecule has 0 aromatic rings. The number of hydrogen-bond acceptors (Lipinski definition) is 4. The third kappa shape index (κ3) is 3.41. The average Bonchev–Trinajstić information content (AvgIpc) is 2.81. The van der Waals surface area contributed by atoms with E-state index in [1.807, 2.05) is 0 Å². The topological polar surface area (TPSA) is 75.3 Å². The van der Waals surface area contributed by atoms with Crippen molar-refractivity contribution < 1.29 is 13.2 Å². The Morgan fingerprint density at radius 2 is 1.74 bits per heavy atom. The highest BCUT2D eigenvalue weighted by atomic mass is 35.5. The molecular weight excluding hydrogens is 288 g/mol. The zero-order valence-corrected chi connectivity index (χ0v) is 12.9. The number of carbonyl (C=O) groups is 1. The summed E-state index contributed by atoms with van der Waals surface area (Å²) in [6.45, 7) is 1.18. The van der Waals surface area contributed by atoms with Gasteiger partial charge in [-0.3, -0.25) is 4.79 Å². The van der Waals surface area contributed by atoms with Crippen LogP contribution in [0.1, 0.15) is 38.5 Å². The minimum Gasteiger partial charge on any atom is -0.352 e. The molecule has 1 amide bonds. The number of halogens is 1. The lowest BCUT2D eigenvalue weighted by molar-refractivity contribution is -0.125. The highest BCUT2D eigenvalue weighted by molar-refractivity contribution is 7.92. The summed E-state index contributed by atoms with van der Waals surface area (Å²) >= 11 is 0. The van der Waals surface area contributed by atoms with E-state index >= 15 is 0 Å². The maximum absolute atomic E-state index is 12.4. The molecular formula is C12H23ClN2O3S. The number of rotatable bonds is 3.